The van der Waals surface area contributed by atoms with Gasteiger partial charge in [0.25, 0.3) is 11.8 Å². The van der Waals surface area contributed by atoms with Crippen molar-refractivity contribution in [2.24, 2.45) is 12.2 Å². The van der Waals surface area contributed by atoms with Gasteiger partial charge < -0.3 is 31.5 Å². The molecule has 37 heavy (non-hydrogen) atoms. The minimum Gasteiger partial charge on any atom is -0.543 e. The lowest BCUT2D eigenvalue weighted by Gasteiger charge is -2.56. The van der Waals surface area contributed by atoms with Gasteiger partial charge in [0.2, 0.25) is 17.4 Å². The highest BCUT2D eigenvalue weighted by Crippen LogP contribution is 2.47. The van der Waals surface area contributed by atoms with E-state index in [-0.39, 0.29) is 46.4 Å². The van der Waals surface area contributed by atoms with E-state index in [1.165, 1.54) is 22.4 Å². The van der Waals surface area contributed by atoms with Crippen LogP contribution in [0, 0.1) is 0 Å². The van der Waals surface area contributed by atoms with Gasteiger partial charge in [-0.2, -0.15) is 9.36 Å². The maximum absolute atomic E-state index is 13.5. The van der Waals surface area contributed by atoms with E-state index in [4.69, 9.17) is 34.3 Å². The van der Waals surface area contributed by atoms with E-state index in [9.17, 15) is 19.5 Å². The first-order chi connectivity index (χ1) is 17.5. The van der Waals surface area contributed by atoms with E-state index in [1.54, 1.807) is 14.0 Å². The summed E-state index contributed by atoms with van der Waals surface area (Å²) in [6.07, 6.45) is 0. The summed E-state index contributed by atoms with van der Waals surface area (Å²) >= 11 is 7.15. The number of β-lactam (4-membered cyclic amide) rings is 1. The van der Waals surface area contributed by atoms with Crippen molar-refractivity contribution < 1.29 is 28.9 Å². The number of nitrogens with zero attached hydrogens (tertiary/aromatic N) is 6. The molecule has 15 nitrogen and oxygen atoms in total. The summed E-state index contributed by atoms with van der Waals surface area (Å²) in [6.45, 7) is 1.80. The van der Waals surface area contributed by atoms with Crippen molar-refractivity contribution in [1.29, 1.82) is 0 Å². The Kier molecular flexibility index (Phi) is 6.98. The number of aromatic nitrogens is 4. The number of nitrogens with two attached hydrogens (primary N) is 3. The van der Waals surface area contributed by atoms with E-state index in [0.717, 1.165) is 21.8 Å². The first-order valence-electron chi connectivity index (χ1n) is 10.5. The molecule has 0 unspecified atom stereocenters. The van der Waals surface area contributed by atoms with Crippen LogP contribution in [0.15, 0.2) is 16.9 Å². The molecule has 194 valence electrons. The lowest BCUT2D eigenvalue weighted by Crippen LogP contribution is -2.81. The Morgan fingerprint density at radius 2 is 2.16 bits per heavy atom. The second-order valence-corrected chi connectivity index (χ2v) is 9.78. The number of hydrogen-bond donors (Lipinski definition) is 4. The van der Waals surface area contributed by atoms with Gasteiger partial charge in [-0.25, -0.2) is 4.57 Å². The van der Waals surface area contributed by atoms with Gasteiger partial charge in [-0.1, -0.05) is 22.4 Å². The average molecular weight is 565 g/mol. The average Bonchev–Trinajstić information content (AvgIpc) is 3.29. The highest BCUT2D eigenvalue weighted by Gasteiger charge is 2.64. The summed E-state index contributed by atoms with van der Waals surface area (Å²) in [6, 6.07) is 1.44. The molecule has 0 saturated carbocycles. The number of thiocarbonyl (C=S) groups is 1. The van der Waals surface area contributed by atoms with Gasteiger partial charge in [-0.05, 0) is 6.92 Å². The lowest BCUT2D eigenvalue weighted by molar-refractivity contribution is -0.661. The zero-order valence-electron chi connectivity index (χ0n) is 19.3. The molecule has 2 amide bonds. The number of anilines is 3. The van der Waals surface area contributed by atoms with Crippen molar-refractivity contribution in [2.45, 2.75) is 17.8 Å². The van der Waals surface area contributed by atoms with Crippen molar-refractivity contribution in [2.75, 3.05) is 29.6 Å². The third kappa shape index (κ3) is 4.31. The molecular weight excluding hydrogens is 544 g/mol. The van der Waals surface area contributed by atoms with Crippen LogP contribution in [0.2, 0.25) is 0 Å². The van der Waals surface area contributed by atoms with Gasteiger partial charge in [0, 0.05) is 34.3 Å². The second-order valence-electron chi connectivity index (χ2n) is 7.69. The van der Waals surface area contributed by atoms with E-state index in [0.29, 0.717) is 5.69 Å². The minimum absolute atomic E-state index is 0.0418. The number of thioether (sulfide) groups is 1. The lowest BCUT2D eigenvalue weighted by atomic mass is 9.87. The first kappa shape index (κ1) is 26.2. The number of carboxylic acid groups (broad SMARTS) is 1. The molecule has 2 aromatic heterocycles. The Morgan fingerprint density at radius 1 is 1.43 bits per heavy atom. The van der Waals surface area contributed by atoms with Crippen LogP contribution >= 0.6 is 35.5 Å². The monoisotopic (exact) mass is 564 g/mol. The quantitative estimate of drug-likeness (QED) is 0.0834. The number of carbonyl (C=O) groups excluding carboxylic acids is 3. The fourth-order valence-corrected chi connectivity index (χ4v) is 6.06. The van der Waals surface area contributed by atoms with E-state index < -0.39 is 34.4 Å². The molecule has 0 spiro atoms. The van der Waals surface area contributed by atoms with Crippen LogP contribution in [0.25, 0.3) is 5.57 Å². The zero-order chi connectivity index (χ0) is 27.1. The normalized spacial score (nSPS) is 21.2. The Bertz CT molecular complexity index is 1390. The summed E-state index contributed by atoms with van der Waals surface area (Å²) < 4.78 is 5.41. The smallest absolute Gasteiger partial charge is 0.391 e. The number of carboxylic acids is 1. The maximum Gasteiger partial charge on any atom is 0.391 e. The molecule has 4 heterocycles. The molecule has 0 aliphatic carbocycles. The minimum atomic E-state index is -1.74. The largest absolute Gasteiger partial charge is 0.543 e. The van der Waals surface area contributed by atoms with Crippen LogP contribution < -0.4 is 32.2 Å². The SMILES string of the molecule is CCO/N=C(\C(=O)N[C@@]1(C=S)C(=O)N2C(C(=O)[O-])=C(c3cc(N)nc(N)[n+]3C)CS[C@@H]21)c1nsc(N)n1. The molecule has 0 aromatic carbocycles. The van der Waals surface area contributed by atoms with Gasteiger partial charge in [0.05, 0.1) is 18.7 Å². The summed E-state index contributed by atoms with van der Waals surface area (Å²) in [5, 5.41) is 18.8. The molecule has 2 aliphatic heterocycles. The number of carbonyl (C=O) groups is 3. The highest BCUT2D eigenvalue weighted by atomic mass is 32.2. The Labute approximate surface area is 222 Å². The van der Waals surface area contributed by atoms with Crippen LogP contribution in [-0.2, 0) is 26.3 Å². The predicted octanol–water partition coefficient (Wildman–Crippen LogP) is -2.82. The molecule has 18 heteroatoms. The fraction of sp³-hybridized carbons (Fsp3) is 0.316. The summed E-state index contributed by atoms with van der Waals surface area (Å²) in [5.74, 6) is -3.16. The molecule has 2 aliphatic rings. The fourth-order valence-electron chi connectivity index (χ4n) is 3.80. The van der Waals surface area contributed by atoms with Crippen molar-refractivity contribution in [3.63, 3.8) is 0 Å². The summed E-state index contributed by atoms with van der Waals surface area (Å²) in [4.78, 5) is 52.8. The van der Waals surface area contributed by atoms with E-state index in [1.807, 2.05) is 0 Å². The van der Waals surface area contributed by atoms with Crippen LogP contribution in [0.4, 0.5) is 16.9 Å². The number of nitrogen functional groups attached to an aromatic ring is 3. The van der Waals surface area contributed by atoms with Crippen LogP contribution in [0.1, 0.15) is 18.4 Å². The first-order valence-corrected chi connectivity index (χ1v) is 12.8. The van der Waals surface area contributed by atoms with Gasteiger partial charge >= 0.3 is 5.95 Å². The topological polar surface area (TPSA) is 232 Å². The van der Waals surface area contributed by atoms with Gasteiger partial charge in [0.1, 0.15) is 17.7 Å². The molecule has 4 rings (SSSR count). The van der Waals surface area contributed by atoms with Crippen LogP contribution in [-0.4, -0.2) is 71.4 Å². The van der Waals surface area contributed by atoms with E-state index >= 15 is 0 Å². The predicted molar refractivity (Wildman–Crippen MR) is 136 cm³/mol. The Balaban J connectivity index is 1.72. The third-order valence-electron chi connectivity index (χ3n) is 5.50. The van der Waals surface area contributed by atoms with Crippen LogP contribution in [0.5, 0.6) is 0 Å². The Hall–Kier alpha value is -3.90. The van der Waals surface area contributed by atoms with Gasteiger partial charge in [-0.3, -0.25) is 20.2 Å². The maximum atomic E-state index is 13.5. The van der Waals surface area contributed by atoms with Crippen LogP contribution in [0.3, 0.4) is 0 Å². The number of nitrogens with one attached hydrogen (secondary N) is 1. The number of rotatable bonds is 8. The molecule has 7 N–H and O–H groups in total. The standard InChI is InChI=1S/C19H20N10O5S3/c1-3-34-26-10(12-24-18(22)37-27-12)13(30)25-19(6-35)15(33)29-11(14(31)32)7(5-36-16(19)29)8-4-9(20)23-17(21)28(8)2/h4,6,16H,3,5H2,1-2H3,(H7,20,21,22,23,24,25,27,30,31,32)/b26-10-/t16-,19+/m1/s1. The number of oxime groups is 1. The number of amides is 2. The summed E-state index contributed by atoms with van der Waals surface area (Å²) in [7, 11) is 1.58. The Morgan fingerprint density at radius 3 is 2.76 bits per heavy atom. The molecule has 1 saturated heterocycles. The second kappa shape index (κ2) is 9.87. The number of aliphatic carboxylic acids is 1. The highest BCUT2D eigenvalue weighted by molar-refractivity contribution is 8.00. The molecule has 1 fully saturated rings. The van der Waals surface area contributed by atoms with Gasteiger partial charge in [0.15, 0.2) is 10.7 Å². The zero-order valence-corrected chi connectivity index (χ0v) is 21.8. The van der Waals surface area contributed by atoms with Gasteiger partial charge in [-0.15, -0.1) is 11.8 Å². The molecule has 0 radical (unpaired) electrons. The summed E-state index contributed by atoms with van der Waals surface area (Å²) in [5.41, 5.74) is 15.4. The van der Waals surface area contributed by atoms with Crippen molar-refractivity contribution in [1.82, 2.24) is 24.6 Å². The number of fused-ring (bicyclic) bond motifs is 1. The van der Waals surface area contributed by atoms with E-state index in [2.05, 4.69) is 24.8 Å². The van der Waals surface area contributed by atoms with Crippen molar-refractivity contribution in [3.8, 4) is 0 Å². The number of hydrogen-bond acceptors (Lipinski definition) is 15. The van der Waals surface area contributed by atoms with Crippen molar-refractivity contribution in [3.05, 3.63) is 23.3 Å². The third-order valence-corrected chi connectivity index (χ3v) is 7.77. The molecule has 0 bridgehead atoms. The van der Waals surface area contributed by atoms with Crippen molar-refractivity contribution >= 4 is 86.8 Å². The molecular formula is C19H20N10O5S3. The molecule has 2 aromatic rings. The molecule has 2 atom stereocenters.